The van der Waals surface area contributed by atoms with Gasteiger partial charge in [-0.05, 0) is 90.7 Å². The van der Waals surface area contributed by atoms with Gasteiger partial charge in [-0.15, -0.1) is 42.7 Å². The summed E-state index contributed by atoms with van der Waals surface area (Å²) in [5.41, 5.74) is 12.7. The number of fused-ring (bicyclic) bond motifs is 8. The topological polar surface area (TPSA) is 46.7 Å². The van der Waals surface area contributed by atoms with Crippen LogP contribution in [0.1, 0.15) is 43.0 Å². The molecular formula is C49H39N4O2Pt-3. The third-order valence-electron chi connectivity index (χ3n) is 10.7. The second-order valence-electron chi connectivity index (χ2n) is 15.6. The van der Waals surface area contributed by atoms with Gasteiger partial charge in [0, 0.05) is 72.1 Å². The molecule has 0 N–H and O–H groups in total. The molecule has 280 valence electrons. The van der Waals surface area contributed by atoms with Crippen LogP contribution in [0, 0.1) is 39.6 Å². The van der Waals surface area contributed by atoms with Gasteiger partial charge in [0.15, 0.2) is 0 Å². The zero-order valence-corrected chi connectivity index (χ0v) is 34.3. The fourth-order valence-corrected chi connectivity index (χ4v) is 8.28. The maximum atomic E-state index is 6.62. The Morgan fingerprint density at radius 1 is 0.696 bits per heavy atom. The van der Waals surface area contributed by atoms with E-state index in [-0.39, 0.29) is 26.5 Å². The Labute approximate surface area is 341 Å². The van der Waals surface area contributed by atoms with Gasteiger partial charge in [0.05, 0.1) is 0 Å². The van der Waals surface area contributed by atoms with Gasteiger partial charge in [-0.25, -0.2) is 4.98 Å². The largest absolute Gasteiger partial charge is 0.509 e. The Kier molecular flexibility index (Phi) is 8.59. The van der Waals surface area contributed by atoms with Crippen LogP contribution in [0.5, 0.6) is 11.5 Å². The first-order valence-corrected chi connectivity index (χ1v) is 18.7. The molecule has 7 heteroatoms. The standard InChI is InChI=1S/C49H39N4O2.Pt/c1-30-24-31(2)47(32(3)25-30)52-29-51(40-15-8-9-16-41(40)52)34-12-11-13-35(27-34)54-36-18-19-39-43(28-36)53(45-26-33(22-23-50-45)49(4,5)6)42-21-20-38-37-14-7-10-17-44(37)55-48(38)46(39)42;/h7-26,29H,1-6H3;/q-3;. The first-order chi connectivity index (χ1) is 26.6. The number of furan rings is 1. The van der Waals surface area contributed by atoms with Crippen LogP contribution < -0.4 is 14.5 Å². The summed E-state index contributed by atoms with van der Waals surface area (Å²) < 4.78 is 15.4. The maximum absolute atomic E-state index is 6.62. The van der Waals surface area contributed by atoms with Gasteiger partial charge in [-0.2, -0.15) is 12.1 Å². The number of anilines is 4. The molecule has 1 aliphatic rings. The Morgan fingerprint density at radius 2 is 1.41 bits per heavy atom. The second kappa shape index (κ2) is 13.4. The summed E-state index contributed by atoms with van der Waals surface area (Å²) in [4.78, 5) is 9.36. The average molecular weight is 911 g/mol. The van der Waals surface area contributed by atoms with Crippen molar-refractivity contribution in [3.8, 4) is 17.3 Å². The van der Waals surface area contributed by atoms with Crippen LogP contribution in [-0.2, 0) is 26.5 Å². The van der Waals surface area contributed by atoms with E-state index >= 15 is 0 Å². The first-order valence-electron chi connectivity index (χ1n) is 18.7. The number of benzene rings is 6. The van der Waals surface area contributed by atoms with E-state index in [2.05, 4.69) is 160 Å². The summed E-state index contributed by atoms with van der Waals surface area (Å²) >= 11 is 0. The number of rotatable bonds is 5. The van der Waals surface area contributed by atoms with Gasteiger partial charge in [0.2, 0.25) is 0 Å². The summed E-state index contributed by atoms with van der Waals surface area (Å²) in [6, 6.07) is 47.1. The van der Waals surface area contributed by atoms with Crippen LogP contribution in [0.25, 0.3) is 49.6 Å². The molecule has 6 nitrogen and oxygen atoms in total. The molecule has 0 bridgehead atoms. The Morgan fingerprint density at radius 3 is 2.20 bits per heavy atom. The molecule has 0 fully saturated rings. The molecule has 0 amide bonds. The number of pyridine rings is 1. The third-order valence-corrected chi connectivity index (χ3v) is 10.7. The van der Waals surface area contributed by atoms with E-state index in [1.165, 1.54) is 27.9 Å². The number of hydrogen-bond acceptors (Lipinski definition) is 5. The molecule has 0 saturated carbocycles. The van der Waals surface area contributed by atoms with Crippen LogP contribution in [-0.4, -0.2) is 9.55 Å². The molecule has 10 rings (SSSR count). The molecule has 0 radical (unpaired) electrons. The molecule has 1 aliphatic heterocycles. The van der Waals surface area contributed by atoms with Gasteiger partial charge in [0.1, 0.15) is 17.0 Å². The van der Waals surface area contributed by atoms with Crippen molar-refractivity contribution in [3.63, 3.8) is 0 Å². The molecule has 9 aromatic rings. The van der Waals surface area contributed by atoms with E-state index in [0.717, 1.165) is 66.6 Å². The van der Waals surface area contributed by atoms with Crippen LogP contribution in [0.4, 0.5) is 22.7 Å². The predicted octanol–water partition coefficient (Wildman–Crippen LogP) is 13.1. The SMILES string of the molecule is Cc1cc(C)c(N2[CH-]N(c3[c-]c(Oc4[c-]c5c(cc4)c4c6oc7ccccc7c6ccc4n5-c4cc(C(C)(C)C)ccn4)ccc3)c3ccccc32)c(C)c1.[Pt]. The molecule has 0 unspecified atom stereocenters. The Bertz CT molecular complexity index is 2970. The van der Waals surface area contributed by atoms with E-state index in [1.807, 2.05) is 36.5 Å². The van der Waals surface area contributed by atoms with E-state index < -0.39 is 0 Å². The van der Waals surface area contributed by atoms with E-state index in [0.29, 0.717) is 11.5 Å². The summed E-state index contributed by atoms with van der Waals surface area (Å²) in [5.74, 6) is 1.99. The smallest absolute Gasteiger partial charge is 0.135 e. The normalized spacial score (nSPS) is 12.9. The maximum Gasteiger partial charge on any atom is 0.135 e. The van der Waals surface area contributed by atoms with Gasteiger partial charge in [-0.3, -0.25) is 0 Å². The minimum absolute atomic E-state index is 0. The summed E-state index contributed by atoms with van der Waals surface area (Å²) in [6.45, 7) is 15.3. The summed E-state index contributed by atoms with van der Waals surface area (Å²) in [5, 5.41) is 4.21. The number of aryl methyl sites for hydroxylation is 3. The molecule has 0 saturated heterocycles. The van der Waals surface area contributed by atoms with E-state index in [9.17, 15) is 0 Å². The van der Waals surface area contributed by atoms with Crippen molar-refractivity contribution in [1.29, 1.82) is 0 Å². The first kappa shape index (κ1) is 35.8. The zero-order chi connectivity index (χ0) is 37.6. The van der Waals surface area contributed by atoms with E-state index in [1.54, 1.807) is 0 Å². The monoisotopic (exact) mass is 910 g/mol. The zero-order valence-electron chi connectivity index (χ0n) is 32.0. The molecule has 56 heavy (non-hydrogen) atoms. The quantitative estimate of drug-likeness (QED) is 0.161. The van der Waals surface area contributed by atoms with Crippen LogP contribution >= 0.6 is 0 Å². The molecule has 0 atom stereocenters. The van der Waals surface area contributed by atoms with Crippen LogP contribution in [0.3, 0.4) is 0 Å². The predicted molar refractivity (Wildman–Crippen MR) is 224 cm³/mol. The molecule has 6 aromatic carbocycles. The number of hydrogen-bond donors (Lipinski definition) is 0. The van der Waals surface area contributed by atoms with Crippen molar-refractivity contribution in [3.05, 3.63) is 163 Å². The molecule has 0 aliphatic carbocycles. The van der Waals surface area contributed by atoms with Gasteiger partial charge < -0.3 is 23.5 Å². The van der Waals surface area contributed by atoms with Crippen molar-refractivity contribution in [2.24, 2.45) is 0 Å². The number of ether oxygens (including phenoxy) is 1. The average Bonchev–Trinajstić information content (AvgIpc) is 3.84. The summed E-state index contributed by atoms with van der Waals surface area (Å²) in [6.07, 6.45) is 1.89. The van der Waals surface area contributed by atoms with Crippen molar-refractivity contribution < 1.29 is 30.2 Å². The number of nitrogens with zero attached hydrogens (tertiary/aromatic N) is 4. The van der Waals surface area contributed by atoms with Crippen molar-refractivity contribution >= 4 is 66.5 Å². The number of para-hydroxylation sites is 3. The van der Waals surface area contributed by atoms with Gasteiger partial charge >= 0.3 is 0 Å². The molecule has 0 spiro atoms. The van der Waals surface area contributed by atoms with E-state index in [4.69, 9.17) is 14.1 Å². The summed E-state index contributed by atoms with van der Waals surface area (Å²) in [7, 11) is 0. The Hall–Kier alpha value is -5.84. The van der Waals surface area contributed by atoms with Gasteiger partial charge in [-0.1, -0.05) is 79.7 Å². The number of aromatic nitrogens is 2. The Balaban J connectivity index is 0.00000410. The molecule has 3 aromatic heterocycles. The van der Waals surface area contributed by atoms with Crippen molar-refractivity contribution in [2.75, 3.05) is 9.80 Å². The fourth-order valence-electron chi connectivity index (χ4n) is 8.28. The van der Waals surface area contributed by atoms with Gasteiger partial charge in [0.25, 0.3) is 0 Å². The molecular weight excluding hydrogens is 872 g/mol. The third kappa shape index (κ3) is 5.78. The second-order valence-corrected chi connectivity index (χ2v) is 15.6. The van der Waals surface area contributed by atoms with Crippen LogP contribution in [0.2, 0.25) is 0 Å². The van der Waals surface area contributed by atoms with Crippen LogP contribution in [0.15, 0.2) is 126 Å². The molecule has 4 heterocycles. The van der Waals surface area contributed by atoms with Crippen molar-refractivity contribution in [1.82, 2.24) is 9.55 Å². The van der Waals surface area contributed by atoms with Crippen molar-refractivity contribution in [2.45, 2.75) is 47.0 Å². The fraction of sp³-hybridized carbons (Fsp3) is 0.143. The minimum atomic E-state index is -0.0522. The minimum Gasteiger partial charge on any atom is -0.509 e.